The molecule has 0 radical (unpaired) electrons. The molecule has 270 valence electrons. The second kappa shape index (κ2) is 31.0. The summed E-state index contributed by atoms with van der Waals surface area (Å²) in [4.78, 5) is 20.0. The number of hydrogen-bond acceptors (Lipinski definition) is 3. The average molecular weight is 644 g/mol. The number of amides is 1. The number of nitrogens with one attached hydrogen (secondary N) is 1. The Morgan fingerprint density at radius 2 is 1.00 bits per heavy atom. The number of amidine groups is 1. The average Bonchev–Trinajstić information content (AvgIpc) is 3.52. The van der Waals surface area contributed by atoms with Crippen LogP contribution in [-0.2, 0) is 4.79 Å². The van der Waals surface area contributed by atoms with E-state index in [9.17, 15) is 4.79 Å². The minimum atomic E-state index is -0.358. The molecule has 0 atom stereocenters. The van der Waals surface area contributed by atoms with Crippen LogP contribution in [0.15, 0.2) is 17.1 Å². The van der Waals surface area contributed by atoms with Gasteiger partial charge in [-0.1, -0.05) is 174 Å². The van der Waals surface area contributed by atoms with Gasteiger partial charge in [-0.2, -0.15) is 0 Å². The molecule has 0 aromatic heterocycles. The van der Waals surface area contributed by atoms with Crippen molar-refractivity contribution in [1.82, 2.24) is 10.2 Å². The lowest BCUT2D eigenvalue weighted by Gasteiger charge is -2.38. The predicted molar refractivity (Wildman–Crippen MR) is 205 cm³/mol. The van der Waals surface area contributed by atoms with Gasteiger partial charge >= 0.3 is 0 Å². The SMILES string of the molecule is CCCCCCCC/C=C\CCCCCCCC(=O)NC(C)(C)N1CCN=C1CCCCCCCCCCCCCCCCCC. The summed E-state index contributed by atoms with van der Waals surface area (Å²) in [6.07, 6.45) is 45.6. The van der Waals surface area contributed by atoms with Crippen LogP contribution in [0.2, 0.25) is 0 Å². The fourth-order valence-electron chi connectivity index (χ4n) is 6.97. The Balaban J connectivity index is 2.00. The molecule has 1 aliphatic rings. The standard InChI is InChI=1S/C42H81N3O/c1-5-7-9-11-13-15-17-19-21-23-24-26-28-30-32-34-36-40-43-38-39-45(40)42(3,4)44-41(46)37-35-33-31-29-27-25-22-20-18-16-14-12-10-8-6-2/h20,22H,5-19,21,23-39H2,1-4H3,(H,44,46)/b22-20-. The molecule has 4 nitrogen and oxygen atoms in total. The molecule has 0 saturated heterocycles. The first-order valence-electron chi connectivity index (χ1n) is 20.8. The van der Waals surface area contributed by atoms with Crippen LogP contribution in [-0.4, -0.2) is 35.4 Å². The van der Waals surface area contributed by atoms with Crippen molar-refractivity contribution in [3.63, 3.8) is 0 Å². The number of hydrogen-bond donors (Lipinski definition) is 1. The zero-order valence-corrected chi connectivity index (χ0v) is 31.8. The smallest absolute Gasteiger partial charge is 0.221 e. The molecule has 0 aliphatic carbocycles. The van der Waals surface area contributed by atoms with E-state index in [2.05, 4.69) is 50.1 Å². The van der Waals surface area contributed by atoms with Crippen molar-refractivity contribution < 1.29 is 4.79 Å². The first kappa shape index (κ1) is 42.7. The Labute approximate surface area is 288 Å². The molecule has 0 saturated carbocycles. The van der Waals surface area contributed by atoms with Gasteiger partial charge in [0.2, 0.25) is 5.91 Å². The van der Waals surface area contributed by atoms with Gasteiger partial charge in [-0.25, -0.2) is 0 Å². The summed E-state index contributed by atoms with van der Waals surface area (Å²) in [6, 6.07) is 0. The van der Waals surface area contributed by atoms with Crippen molar-refractivity contribution in [2.45, 2.75) is 232 Å². The maximum Gasteiger partial charge on any atom is 0.221 e. The molecule has 1 amide bonds. The Morgan fingerprint density at radius 1 is 0.609 bits per heavy atom. The van der Waals surface area contributed by atoms with Crippen LogP contribution in [0.1, 0.15) is 227 Å². The van der Waals surface area contributed by atoms with E-state index in [-0.39, 0.29) is 11.6 Å². The van der Waals surface area contributed by atoms with Gasteiger partial charge in [0.25, 0.3) is 0 Å². The molecule has 0 aromatic rings. The number of carbonyl (C=O) groups is 1. The van der Waals surface area contributed by atoms with Gasteiger partial charge in [0, 0.05) is 19.4 Å². The highest BCUT2D eigenvalue weighted by Crippen LogP contribution is 2.21. The van der Waals surface area contributed by atoms with Gasteiger partial charge in [-0.3, -0.25) is 9.79 Å². The number of carbonyl (C=O) groups excluding carboxylic acids is 1. The van der Waals surface area contributed by atoms with Gasteiger partial charge < -0.3 is 10.2 Å². The van der Waals surface area contributed by atoms with Gasteiger partial charge in [0.05, 0.1) is 6.54 Å². The monoisotopic (exact) mass is 644 g/mol. The maximum absolute atomic E-state index is 12.8. The predicted octanol–water partition coefficient (Wildman–Crippen LogP) is 13.2. The fourth-order valence-corrected chi connectivity index (χ4v) is 6.97. The number of rotatable bonds is 34. The minimum Gasteiger partial charge on any atom is -0.336 e. The van der Waals surface area contributed by atoms with E-state index in [1.165, 1.54) is 179 Å². The Bertz CT molecular complexity index is 743. The molecule has 0 spiro atoms. The van der Waals surface area contributed by atoms with E-state index >= 15 is 0 Å². The van der Waals surface area contributed by atoms with Crippen LogP contribution in [0, 0.1) is 0 Å². The van der Waals surface area contributed by atoms with E-state index in [4.69, 9.17) is 4.99 Å². The molecule has 0 fully saturated rings. The third-order valence-corrected chi connectivity index (χ3v) is 9.97. The molecule has 46 heavy (non-hydrogen) atoms. The van der Waals surface area contributed by atoms with Crippen LogP contribution in [0.5, 0.6) is 0 Å². The summed E-state index contributed by atoms with van der Waals surface area (Å²) in [7, 11) is 0. The summed E-state index contributed by atoms with van der Waals surface area (Å²) in [5, 5.41) is 3.33. The Hall–Kier alpha value is -1.32. The van der Waals surface area contributed by atoms with Crippen LogP contribution >= 0.6 is 0 Å². The van der Waals surface area contributed by atoms with Gasteiger partial charge in [-0.05, 0) is 52.4 Å². The first-order valence-corrected chi connectivity index (χ1v) is 20.8. The van der Waals surface area contributed by atoms with E-state index in [0.717, 1.165) is 32.4 Å². The molecular weight excluding hydrogens is 562 g/mol. The molecule has 1 heterocycles. The highest BCUT2D eigenvalue weighted by molar-refractivity contribution is 5.85. The van der Waals surface area contributed by atoms with Crippen molar-refractivity contribution in [3.8, 4) is 0 Å². The molecule has 0 aromatic carbocycles. The van der Waals surface area contributed by atoms with Gasteiger partial charge in [0.15, 0.2) is 0 Å². The quantitative estimate of drug-likeness (QED) is 0.0560. The maximum atomic E-state index is 12.8. The molecule has 4 heteroatoms. The van der Waals surface area contributed by atoms with Crippen molar-refractivity contribution in [2.24, 2.45) is 4.99 Å². The molecule has 1 aliphatic heterocycles. The number of allylic oxidation sites excluding steroid dienone is 2. The van der Waals surface area contributed by atoms with E-state index in [0.29, 0.717) is 6.42 Å². The molecule has 1 rings (SSSR count). The topological polar surface area (TPSA) is 44.7 Å². The molecule has 0 unspecified atom stereocenters. The van der Waals surface area contributed by atoms with Crippen LogP contribution < -0.4 is 5.32 Å². The summed E-state index contributed by atoms with van der Waals surface area (Å²) in [5.41, 5.74) is -0.358. The van der Waals surface area contributed by atoms with Gasteiger partial charge in [0.1, 0.15) is 11.5 Å². The minimum absolute atomic E-state index is 0.191. The second-order valence-corrected chi connectivity index (χ2v) is 14.9. The van der Waals surface area contributed by atoms with Crippen LogP contribution in [0.4, 0.5) is 0 Å². The lowest BCUT2D eigenvalue weighted by atomic mass is 10.0. The zero-order valence-electron chi connectivity index (χ0n) is 31.8. The Kier molecular flexibility index (Phi) is 28.8. The first-order chi connectivity index (χ1) is 22.5. The lowest BCUT2D eigenvalue weighted by Crippen LogP contribution is -2.57. The van der Waals surface area contributed by atoms with Gasteiger partial charge in [-0.15, -0.1) is 0 Å². The van der Waals surface area contributed by atoms with Crippen LogP contribution in [0.25, 0.3) is 0 Å². The second-order valence-electron chi connectivity index (χ2n) is 14.9. The third kappa shape index (κ3) is 24.8. The number of unbranched alkanes of at least 4 members (excludes halogenated alkanes) is 26. The fraction of sp³-hybridized carbons (Fsp3) is 0.905. The highest BCUT2D eigenvalue weighted by Gasteiger charge is 2.32. The summed E-state index contributed by atoms with van der Waals surface area (Å²) in [6.45, 7) is 10.7. The van der Waals surface area contributed by atoms with E-state index in [1.54, 1.807) is 0 Å². The largest absolute Gasteiger partial charge is 0.336 e. The molecular formula is C42H81N3O. The van der Waals surface area contributed by atoms with E-state index < -0.39 is 0 Å². The summed E-state index contributed by atoms with van der Waals surface area (Å²) in [5.74, 6) is 1.40. The zero-order chi connectivity index (χ0) is 33.4. The van der Waals surface area contributed by atoms with Crippen molar-refractivity contribution in [3.05, 3.63) is 12.2 Å². The third-order valence-electron chi connectivity index (χ3n) is 9.97. The van der Waals surface area contributed by atoms with Crippen molar-refractivity contribution in [1.29, 1.82) is 0 Å². The molecule has 0 bridgehead atoms. The molecule has 1 N–H and O–H groups in total. The van der Waals surface area contributed by atoms with Crippen molar-refractivity contribution in [2.75, 3.05) is 13.1 Å². The summed E-state index contributed by atoms with van der Waals surface area (Å²) >= 11 is 0. The Morgan fingerprint density at radius 3 is 1.46 bits per heavy atom. The highest BCUT2D eigenvalue weighted by atomic mass is 16.1. The lowest BCUT2D eigenvalue weighted by molar-refractivity contribution is -0.124. The van der Waals surface area contributed by atoms with E-state index in [1.807, 2.05) is 0 Å². The number of aliphatic imine (C=N–C) groups is 1. The van der Waals surface area contributed by atoms with Crippen LogP contribution in [0.3, 0.4) is 0 Å². The van der Waals surface area contributed by atoms with Crippen molar-refractivity contribution >= 4 is 11.7 Å². The summed E-state index contributed by atoms with van der Waals surface area (Å²) < 4.78 is 0. The normalized spacial score (nSPS) is 13.7. The number of nitrogens with zero attached hydrogens (tertiary/aromatic N) is 2.